The number of hydrogen-bond acceptors (Lipinski definition) is 6. The van der Waals surface area contributed by atoms with E-state index < -0.39 is 11.9 Å². The third kappa shape index (κ3) is 1.88. The molecule has 0 radical (unpaired) electrons. The number of esters is 1. The number of carbonyl (C=O) groups excluding carboxylic acids is 1. The van der Waals surface area contributed by atoms with Crippen molar-refractivity contribution in [2.45, 2.75) is 89.0 Å². The summed E-state index contributed by atoms with van der Waals surface area (Å²) < 4.78 is 24.8. The van der Waals surface area contributed by atoms with E-state index in [1.807, 2.05) is 0 Å². The van der Waals surface area contributed by atoms with E-state index in [9.17, 15) is 9.90 Å². The minimum absolute atomic E-state index is 0.0145. The number of aliphatic hydroxyl groups excluding tert-OH is 1. The van der Waals surface area contributed by atoms with Gasteiger partial charge in [0.15, 0.2) is 5.79 Å². The summed E-state index contributed by atoms with van der Waals surface area (Å²) in [4.78, 5) is 11.6. The molecule has 1 N–H and O–H groups in total. The maximum atomic E-state index is 11.6. The summed E-state index contributed by atoms with van der Waals surface area (Å²) in [6.45, 7) is 7.67. The molecule has 0 aromatic carbocycles. The molecule has 11 atom stereocenters. The predicted molar refractivity (Wildman–Crippen MR) is 105 cm³/mol. The number of aliphatic hydroxyl groups is 1. The molecule has 6 heteroatoms. The number of epoxide rings is 1. The van der Waals surface area contributed by atoms with Crippen molar-refractivity contribution in [3.63, 3.8) is 0 Å². The molecule has 6 nitrogen and oxygen atoms in total. The zero-order chi connectivity index (χ0) is 20.7. The van der Waals surface area contributed by atoms with Gasteiger partial charge in [0.25, 0.3) is 0 Å². The highest BCUT2D eigenvalue weighted by Crippen LogP contribution is 2.80. The van der Waals surface area contributed by atoms with E-state index in [4.69, 9.17) is 18.9 Å². The van der Waals surface area contributed by atoms with Crippen LogP contribution in [0, 0.1) is 40.4 Å². The van der Waals surface area contributed by atoms with Crippen LogP contribution in [0.15, 0.2) is 0 Å². The molecule has 0 amide bonds. The van der Waals surface area contributed by atoms with Crippen LogP contribution in [0.5, 0.6) is 0 Å². The topological polar surface area (TPSA) is 77.5 Å². The maximum Gasteiger partial charge on any atom is 0.302 e. The highest BCUT2D eigenvalue weighted by atomic mass is 16.7. The predicted octanol–water partition coefficient (Wildman–Crippen LogP) is 2.66. The first-order valence-corrected chi connectivity index (χ1v) is 12.1. The standard InChI is InChI=1S/C24H34O6/c1-12(25)29-13-4-6-21(2)15-5-7-22(3)18(14-10-16(14)24(22)27-8-9-28-24)17(15)19(26)20-23(21,11-13)30-20/h13-20,26H,4-11H2,1-3H3/t13-,14+,15-,16-,17+,18-,19+,20+,21+,22-,23+/m0/s1. The quantitative estimate of drug-likeness (QED) is 0.521. The average Bonchev–Trinajstić information content (AvgIpc) is 3.57. The Hall–Kier alpha value is -0.690. The van der Waals surface area contributed by atoms with Crippen molar-refractivity contribution < 1.29 is 28.8 Å². The molecule has 2 saturated heterocycles. The number of rotatable bonds is 1. The molecule has 2 heterocycles. The first-order valence-electron chi connectivity index (χ1n) is 12.1. The van der Waals surface area contributed by atoms with Crippen LogP contribution in [0.1, 0.15) is 59.3 Å². The van der Waals surface area contributed by atoms with Crippen molar-refractivity contribution in [2.24, 2.45) is 40.4 Å². The van der Waals surface area contributed by atoms with E-state index in [2.05, 4.69) is 13.8 Å². The van der Waals surface area contributed by atoms with Gasteiger partial charge < -0.3 is 24.1 Å². The Morgan fingerprint density at radius 2 is 1.80 bits per heavy atom. The first-order chi connectivity index (χ1) is 14.3. The van der Waals surface area contributed by atoms with Gasteiger partial charge in [-0.05, 0) is 55.8 Å². The number of fused-ring (bicyclic) bond motifs is 8. The van der Waals surface area contributed by atoms with Crippen molar-refractivity contribution in [1.29, 1.82) is 0 Å². The normalized spacial score (nSPS) is 61.3. The second kappa shape index (κ2) is 5.44. The Labute approximate surface area is 178 Å². The van der Waals surface area contributed by atoms with Gasteiger partial charge in [-0.15, -0.1) is 0 Å². The monoisotopic (exact) mass is 418 g/mol. The van der Waals surface area contributed by atoms with Gasteiger partial charge in [0.05, 0.1) is 19.3 Å². The Morgan fingerprint density at radius 3 is 2.53 bits per heavy atom. The SMILES string of the molecule is CC(=O)O[C@H]1CC[C@]2(C)[C@H]3CC[C@@]4(C)[C@@H]([C@@H]5C[C@@H]5C45OCCO5)[C@@H]3[C@@H](O)[C@H]3O[C@]32C1. The minimum atomic E-state index is -0.443. The van der Waals surface area contributed by atoms with Gasteiger partial charge in [-0.1, -0.05) is 13.8 Å². The van der Waals surface area contributed by atoms with Crippen LogP contribution in [-0.2, 0) is 23.7 Å². The number of hydrogen-bond donors (Lipinski definition) is 1. The highest BCUT2D eigenvalue weighted by molar-refractivity contribution is 5.66. The molecule has 7 aliphatic rings. The summed E-state index contributed by atoms with van der Waals surface area (Å²) in [6.07, 6.45) is 5.36. The summed E-state index contributed by atoms with van der Waals surface area (Å²) >= 11 is 0. The maximum absolute atomic E-state index is 11.6. The molecule has 0 aromatic heterocycles. The van der Waals surface area contributed by atoms with E-state index in [1.165, 1.54) is 13.3 Å². The molecular weight excluding hydrogens is 384 g/mol. The van der Waals surface area contributed by atoms with Crippen LogP contribution in [0.4, 0.5) is 0 Å². The lowest BCUT2D eigenvalue weighted by Gasteiger charge is -2.61. The van der Waals surface area contributed by atoms with Crippen molar-refractivity contribution >= 4 is 5.97 Å². The third-order valence-electron chi connectivity index (χ3n) is 11.0. The lowest BCUT2D eigenvalue weighted by atomic mass is 9.43. The molecular formula is C24H34O6. The van der Waals surface area contributed by atoms with E-state index in [0.717, 1.165) is 32.1 Å². The van der Waals surface area contributed by atoms with Gasteiger partial charge in [0.1, 0.15) is 17.8 Å². The fourth-order valence-corrected chi connectivity index (χ4v) is 9.84. The smallest absolute Gasteiger partial charge is 0.302 e. The van der Waals surface area contributed by atoms with Gasteiger partial charge in [-0.3, -0.25) is 4.79 Å². The lowest BCUT2D eigenvalue weighted by molar-refractivity contribution is -0.269. The second-order valence-corrected chi connectivity index (χ2v) is 11.8. The molecule has 5 aliphatic carbocycles. The molecule has 7 fully saturated rings. The first kappa shape index (κ1) is 18.8. The van der Waals surface area contributed by atoms with Gasteiger partial charge in [-0.25, -0.2) is 0 Å². The lowest BCUT2D eigenvalue weighted by Crippen LogP contribution is -2.65. The van der Waals surface area contributed by atoms with Crippen molar-refractivity contribution in [1.82, 2.24) is 0 Å². The van der Waals surface area contributed by atoms with E-state index in [0.29, 0.717) is 36.9 Å². The summed E-state index contributed by atoms with van der Waals surface area (Å²) in [5, 5.41) is 11.6. The van der Waals surface area contributed by atoms with Gasteiger partial charge >= 0.3 is 5.97 Å². The van der Waals surface area contributed by atoms with Crippen LogP contribution in [0.2, 0.25) is 0 Å². The highest BCUT2D eigenvalue weighted by Gasteiger charge is 2.84. The van der Waals surface area contributed by atoms with E-state index >= 15 is 0 Å². The molecule has 166 valence electrons. The van der Waals surface area contributed by atoms with Crippen molar-refractivity contribution in [3.8, 4) is 0 Å². The van der Waals surface area contributed by atoms with E-state index in [-0.39, 0.29) is 40.5 Å². The van der Waals surface area contributed by atoms with E-state index in [1.54, 1.807) is 0 Å². The molecule has 2 spiro atoms. The van der Waals surface area contributed by atoms with Gasteiger partial charge in [0, 0.05) is 30.1 Å². The average molecular weight is 419 g/mol. The fraction of sp³-hybridized carbons (Fsp3) is 0.958. The number of carbonyl (C=O) groups is 1. The van der Waals surface area contributed by atoms with Crippen LogP contribution in [-0.4, -0.2) is 54.0 Å². The van der Waals surface area contributed by atoms with Crippen molar-refractivity contribution in [2.75, 3.05) is 13.2 Å². The molecule has 5 saturated carbocycles. The Morgan fingerprint density at radius 1 is 1.07 bits per heavy atom. The fourth-order valence-electron chi connectivity index (χ4n) is 9.84. The van der Waals surface area contributed by atoms with Crippen LogP contribution >= 0.6 is 0 Å². The van der Waals surface area contributed by atoms with Crippen LogP contribution in [0.3, 0.4) is 0 Å². The molecule has 2 aliphatic heterocycles. The summed E-state index contributed by atoms with van der Waals surface area (Å²) in [5.41, 5.74) is -0.296. The Balaban J connectivity index is 1.25. The molecule has 0 bridgehead atoms. The third-order valence-corrected chi connectivity index (χ3v) is 11.0. The summed E-state index contributed by atoms with van der Waals surface area (Å²) in [5.74, 6) is 1.62. The Bertz CT molecular complexity index is 808. The van der Waals surface area contributed by atoms with Gasteiger partial charge in [-0.2, -0.15) is 0 Å². The molecule has 30 heavy (non-hydrogen) atoms. The second-order valence-electron chi connectivity index (χ2n) is 11.8. The zero-order valence-corrected chi connectivity index (χ0v) is 18.3. The summed E-state index contributed by atoms with van der Waals surface area (Å²) in [7, 11) is 0. The molecule has 0 unspecified atom stereocenters. The zero-order valence-electron chi connectivity index (χ0n) is 18.3. The molecule has 0 aromatic rings. The van der Waals surface area contributed by atoms with Crippen molar-refractivity contribution in [3.05, 3.63) is 0 Å². The van der Waals surface area contributed by atoms with Crippen LogP contribution < -0.4 is 0 Å². The van der Waals surface area contributed by atoms with Crippen LogP contribution in [0.25, 0.3) is 0 Å². The largest absolute Gasteiger partial charge is 0.462 e. The minimum Gasteiger partial charge on any atom is -0.462 e. The summed E-state index contributed by atoms with van der Waals surface area (Å²) in [6, 6.07) is 0. The molecule has 7 rings (SSSR count). The van der Waals surface area contributed by atoms with Gasteiger partial charge in [0.2, 0.25) is 0 Å². The number of ether oxygens (including phenoxy) is 4. The Kier molecular flexibility index (Phi) is 3.42.